The molecule has 2 aromatic carbocycles. The lowest BCUT2D eigenvalue weighted by Gasteiger charge is -2.15. The van der Waals surface area contributed by atoms with Gasteiger partial charge in [0.05, 0.1) is 28.4 Å². The maximum atomic E-state index is 13.2. The van der Waals surface area contributed by atoms with Crippen LogP contribution in [0.4, 0.5) is 0 Å². The smallest absolute Gasteiger partial charge is 0.193 e. The second-order valence-corrected chi connectivity index (χ2v) is 6.23. The van der Waals surface area contributed by atoms with E-state index in [0.29, 0.717) is 46.1 Å². The average molecular weight is 386 g/mol. The minimum absolute atomic E-state index is 0.0658. The summed E-state index contributed by atoms with van der Waals surface area (Å²) in [6.07, 6.45) is 1.37. The normalized spacial score (nSPS) is 10.3. The van der Waals surface area contributed by atoms with E-state index in [2.05, 4.69) is 0 Å². The summed E-state index contributed by atoms with van der Waals surface area (Å²) in [4.78, 5) is 25.5. The van der Waals surface area contributed by atoms with Gasteiger partial charge in [-0.25, -0.2) is 0 Å². The van der Waals surface area contributed by atoms with E-state index >= 15 is 0 Å². The molecule has 0 heterocycles. The van der Waals surface area contributed by atoms with E-state index in [1.54, 1.807) is 30.3 Å². The Morgan fingerprint density at radius 2 is 1.36 bits per heavy atom. The first-order chi connectivity index (χ1) is 13.5. The van der Waals surface area contributed by atoms with Crippen molar-refractivity contribution in [3.05, 3.63) is 47.0 Å². The lowest BCUT2D eigenvalue weighted by atomic mass is 9.93. The van der Waals surface area contributed by atoms with Crippen LogP contribution in [0.2, 0.25) is 0 Å². The molecule has 2 aromatic rings. The summed E-state index contributed by atoms with van der Waals surface area (Å²) < 4.78 is 21.2. The molecule has 0 amide bonds. The lowest BCUT2D eigenvalue weighted by molar-refractivity contribution is -0.118. The van der Waals surface area contributed by atoms with Crippen molar-refractivity contribution in [2.45, 2.75) is 26.2 Å². The molecule has 0 aliphatic carbocycles. The molecule has 0 aromatic heterocycles. The first-order valence-electron chi connectivity index (χ1n) is 9.02. The van der Waals surface area contributed by atoms with Gasteiger partial charge in [0.2, 0.25) is 0 Å². The highest BCUT2D eigenvalue weighted by molar-refractivity contribution is 6.11. The Morgan fingerprint density at radius 3 is 1.93 bits per heavy atom. The Bertz CT molecular complexity index is 856. The molecule has 6 nitrogen and oxygen atoms in total. The van der Waals surface area contributed by atoms with E-state index in [-0.39, 0.29) is 18.0 Å². The first-order valence-corrected chi connectivity index (χ1v) is 9.02. The molecule has 2 rings (SSSR count). The number of ketones is 2. The number of benzene rings is 2. The van der Waals surface area contributed by atoms with Gasteiger partial charge < -0.3 is 18.9 Å². The minimum atomic E-state index is -0.235. The van der Waals surface area contributed by atoms with Gasteiger partial charge in [0, 0.05) is 24.0 Å². The van der Waals surface area contributed by atoms with Crippen LogP contribution in [-0.4, -0.2) is 40.0 Å². The fraction of sp³-hybridized carbons (Fsp3) is 0.364. The van der Waals surface area contributed by atoms with Gasteiger partial charge in [0.1, 0.15) is 5.78 Å². The van der Waals surface area contributed by atoms with Crippen LogP contribution in [-0.2, 0) is 11.2 Å². The van der Waals surface area contributed by atoms with E-state index in [0.717, 1.165) is 6.42 Å². The molecule has 0 N–H and O–H groups in total. The van der Waals surface area contributed by atoms with Gasteiger partial charge in [-0.3, -0.25) is 9.59 Å². The van der Waals surface area contributed by atoms with Crippen LogP contribution in [0, 0.1) is 0 Å². The van der Waals surface area contributed by atoms with Gasteiger partial charge in [0.25, 0.3) is 0 Å². The molecule has 0 radical (unpaired) electrons. The summed E-state index contributed by atoms with van der Waals surface area (Å²) in [6.45, 7) is 1.95. The summed E-state index contributed by atoms with van der Waals surface area (Å²) in [5.74, 6) is 1.73. The van der Waals surface area contributed by atoms with Crippen molar-refractivity contribution in [2.24, 2.45) is 0 Å². The number of hydrogen-bond donors (Lipinski definition) is 0. The fourth-order valence-corrected chi connectivity index (χ4v) is 2.99. The van der Waals surface area contributed by atoms with E-state index < -0.39 is 0 Å². The molecule has 6 heteroatoms. The van der Waals surface area contributed by atoms with Crippen LogP contribution in [0.25, 0.3) is 0 Å². The predicted octanol–water partition coefficient (Wildman–Crippen LogP) is 3.86. The molecular formula is C22H26O6. The maximum absolute atomic E-state index is 13.2. The predicted molar refractivity (Wildman–Crippen MR) is 106 cm³/mol. The third-order valence-electron chi connectivity index (χ3n) is 4.42. The average Bonchev–Trinajstić information content (AvgIpc) is 2.72. The Balaban J connectivity index is 2.54. The molecule has 0 saturated carbocycles. The lowest BCUT2D eigenvalue weighted by Crippen LogP contribution is -2.11. The molecule has 0 spiro atoms. The molecule has 0 aliphatic rings. The van der Waals surface area contributed by atoms with Crippen molar-refractivity contribution in [1.82, 2.24) is 0 Å². The van der Waals surface area contributed by atoms with Crippen molar-refractivity contribution in [2.75, 3.05) is 28.4 Å². The first kappa shape index (κ1) is 21.3. The standard InChI is InChI=1S/C22H26O6/c1-6-7-16(23)10-15-12-20(27-4)21(28-5)13-17(15)22(24)14-8-9-18(25-2)19(11-14)26-3/h8-9,11-13H,6-7,10H2,1-5H3. The quantitative estimate of drug-likeness (QED) is 0.578. The number of methoxy groups -OCH3 is 4. The third-order valence-corrected chi connectivity index (χ3v) is 4.42. The molecule has 0 unspecified atom stereocenters. The van der Waals surface area contributed by atoms with Crippen LogP contribution in [0.15, 0.2) is 30.3 Å². The van der Waals surface area contributed by atoms with Gasteiger partial charge in [-0.2, -0.15) is 0 Å². The summed E-state index contributed by atoms with van der Waals surface area (Å²) >= 11 is 0. The van der Waals surface area contributed by atoms with Crippen molar-refractivity contribution < 1.29 is 28.5 Å². The molecule has 0 aliphatic heterocycles. The van der Waals surface area contributed by atoms with Gasteiger partial charge in [-0.1, -0.05) is 6.92 Å². The molecule has 0 saturated heterocycles. The second-order valence-electron chi connectivity index (χ2n) is 6.23. The molecule has 0 bridgehead atoms. The Morgan fingerprint density at radius 1 is 0.786 bits per heavy atom. The maximum Gasteiger partial charge on any atom is 0.193 e. The summed E-state index contributed by atoms with van der Waals surface area (Å²) in [7, 11) is 6.07. The van der Waals surface area contributed by atoms with Crippen LogP contribution in [0.5, 0.6) is 23.0 Å². The zero-order valence-corrected chi connectivity index (χ0v) is 17.0. The van der Waals surface area contributed by atoms with E-state index in [1.807, 2.05) is 6.92 Å². The fourth-order valence-electron chi connectivity index (χ4n) is 2.99. The molecular weight excluding hydrogens is 360 g/mol. The van der Waals surface area contributed by atoms with E-state index in [4.69, 9.17) is 18.9 Å². The largest absolute Gasteiger partial charge is 0.493 e. The summed E-state index contributed by atoms with van der Waals surface area (Å²) in [5, 5.41) is 0. The topological polar surface area (TPSA) is 71.1 Å². The zero-order chi connectivity index (χ0) is 20.7. The van der Waals surface area contributed by atoms with Crippen LogP contribution < -0.4 is 18.9 Å². The van der Waals surface area contributed by atoms with Crippen molar-refractivity contribution >= 4 is 11.6 Å². The van der Waals surface area contributed by atoms with Gasteiger partial charge in [-0.05, 0) is 42.3 Å². The van der Waals surface area contributed by atoms with E-state index in [1.165, 1.54) is 28.4 Å². The Kier molecular flexibility index (Phi) is 7.44. The summed E-state index contributed by atoms with van der Waals surface area (Å²) in [6, 6.07) is 8.27. The summed E-state index contributed by atoms with van der Waals surface area (Å²) in [5.41, 5.74) is 1.43. The number of Topliss-reactive ketones (excluding diaryl/α,β-unsaturated/α-hetero) is 1. The van der Waals surface area contributed by atoms with E-state index in [9.17, 15) is 9.59 Å². The monoisotopic (exact) mass is 386 g/mol. The number of hydrogen-bond acceptors (Lipinski definition) is 6. The minimum Gasteiger partial charge on any atom is -0.493 e. The highest BCUT2D eigenvalue weighted by Crippen LogP contribution is 2.34. The van der Waals surface area contributed by atoms with Gasteiger partial charge >= 0.3 is 0 Å². The SMILES string of the molecule is CCCC(=O)Cc1cc(OC)c(OC)cc1C(=O)c1ccc(OC)c(OC)c1. The molecule has 28 heavy (non-hydrogen) atoms. The highest BCUT2D eigenvalue weighted by Gasteiger charge is 2.21. The van der Waals surface area contributed by atoms with Crippen molar-refractivity contribution in [3.63, 3.8) is 0 Å². The van der Waals surface area contributed by atoms with Crippen molar-refractivity contribution in [1.29, 1.82) is 0 Å². The number of ether oxygens (including phenoxy) is 4. The van der Waals surface area contributed by atoms with Gasteiger partial charge in [0.15, 0.2) is 28.8 Å². The number of carbonyl (C=O) groups is 2. The Labute approximate surface area is 165 Å². The number of rotatable bonds is 10. The second kappa shape index (κ2) is 9.78. The van der Waals surface area contributed by atoms with Crippen LogP contribution in [0.1, 0.15) is 41.3 Å². The molecule has 0 fully saturated rings. The van der Waals surface area contributed by atoms with Crippen LogP contribution in [0.3, 0.4) is 0 Å². The molecule has 150 valence electrons. The zero-order valence-electron chi connectivity index (χ0n) is 17.0. The molecule has 0 atom stereocenters. The highest BCUT2D eigenvalue weighted by atomic mass is 16.5. The third kappa shape index (κ3) is 4.63. The van der Waals surface area contributed by atoms with Crippen molar-refractivity contribution in [3.8, 4) is 23.0 Å². The van der Waals surface area contributed by atoms with Crippen LogP contribution >= 0.6 is 0 Å². The number of carbonyl (C=O) groups excluding carboxylic acids is 2. The van der Waals surface area contributed by atoms with Gasteiger partial charge in [-0.15, -0.1) is 0 Å². The Hall–Kier alpha value is -3.02.